The fraction of sp³-hybridized carbons (Fsp3) is 0.500. The summed E-state index contributed by atoms with van der Waals surface area (Å²) in [7, 11) is 0. The second kappa shape index (κ2) is 6.54. The summed E-state index contributed by atoms with van der Waals surface area (Å²) in [6, 6.07) is 4.10. The minimum absolute atomic E-state index is 0.227. The summed E-state index contributed by atoms with van der Waals surface area (Å²) in [5, 5.41) is 4.05. The van der Waals surface area contributed by atoms with Crippen LogP contribution in [-0.4, -0.2) is 45.6 Å². The Hall–Kier alpha value is -1.79. The molecule has 0 aliphatic carbocycles. The number of pyridine rings is 1. The topological polar surface area (TPSA) is 45.4 Å². The Labute approximate surface area is 129 Å². The molecule has 0 spiro atoms. The highest BCUT2D eigenvalue weighted by Gasteiger charge is 2.24. The first-order valence-corrected chi connectivity index (χ1v) is 7.59. The Morgan fingerprint density at radius 3 is 2.91 bits per heavy atom. The zero-order chi connectivity index (χ0) is 15.5. The van der Waals surface area contributed by atoms with Gasteiger partial charge in [-0.2, -0.15) is 0 Å². The fourth-order valence-electron chi connectivity index (χ4n) is 2.92. The average molecular weight is 304 g/mol. The molecule has 0 N–H and O–H groups in total. The maximum atomic E-state index is 13.7. The van der Waals surface area contributed by atoms with Crippen LogP contribution in [0.2, 0.25) is 0 Å². The van der Waals surface area contributed by atoms with Gasteiger partial charge in [-0.3, -0.25) is 14.8 Å². The lowest BCUT2D eigenvalue weighted by Crippen LogP contribution is -2.51. The van der Waals surface area contributed by atoms with Crippen LogP contribution < -0.4 is 0 Å². The first-order valence-electron chi connectivity index (χ1n) is 7.59. The number of aryl methyl sites for hydroxylation is 1. The van der Waals surface area contributed by atoms with Crippen LogP contribution in [0.25, 0.3) is 0 Å². The summed E-state index contributed by atoms with van der Waals surface area (Å²) < 4.78 is 18.8. The summed E-state index contributed by atoms with van der Waals surface area (Å²) in [4.78, 5) is 8.47. The molecule has 118 valence electrons. The number of piperazine rings is 1. The van der Waals surface area contributed by atoms with Gasteiger partial charge in [-0.05, 0) is 19.9 Å². The molecule has 1 saturated heterocycles. The molecule has 1 atom stereocenters. The molecule has 5 nitrogen and oxygen atoms in total. The van der Waals surface area contributed by atoms with E-state index >= 15 is 0 Å². The van der Waals surface area contributed by atoms with Gasteiger partial charge in [-0.25, -0.2) is 4.39 Å². The molecule has 6 heteroatoms. The molecular weight excluding hydrogens is 283 g/mol. The molecule has 1 fully saturated rings. The monoisotopic (exact) mass is 304 g/mol. The fourth-order valence-corrected chi connectivity index (χ4v) is 2.92. The van der Waals surface area contributed by atoms with Gasteiger partial charge in [0.05, 0.1) is 11.9 Å². The van der Waals surface area contributed by atoms with Crippen LogP contribution in [-0.2, 0) is 13.1 Å². The lowest BCUT2D eigenvalue weighted by atomic mass is 10.1. The summed E-state index contributed by atoms with van der Waals surface area (Å²) in [6.45, 7) is 8.33. The Kier molecular flexibility index (Phi) is 4.49. The van der Waals surface area contributed by atoms with Crippen LogP contribution in [0.3, 0.4) is 0 Å². The maximum Gasteiger partial charge on any atom is 0.145 e. The van der Waals surface area contributed by atoms with E-state index in [1.807, 2.05) is 13.0 Å². The van der Waals surface area contributed by atoms with Crippen molar-refractivity contribution in [3.05, 3.63) is 47.4 Å². The third kappa shape index (κ3) is 3.51. The highest BCUT2D eigenvalue weighted by Crippen LogP contribution is 2.17. The van der Waals surface area contributed by atoms with Gasteiger partial charge in [-0.15, -0.1) is 0 Å². The van der Waals surface area contributed by atoms with E-state index in [0.29, 0.717) is 18.2 Å². The third-order valence-electron chi connectivity index (χ3n) is 4.14. The van der Waals surface area contributed by atoms with E-state index in [1.54, 1.807) is 12.3 Å². The number of hydrogen-bond acceptors (Lipinski definition) is 5. The van der Waals surface area contributed by atoms with Crippen LogP contribution in [0.15, 0.2) is 29.0 Å². The van der Waals surface area contributed by atoms with Gasteiger partial charge in [0.15, 0.2) is 0 Å². The quantitative estimate of drug-likeness (QED) is 0.867. The largest absolute Gasteiger partial charge is 0.361 e. The number of aromatic nitrogens is 2. The van der Waals surface area contributed by atoms with Crippen LogP contribution in [0.4, 0.5) is 4.39 Å². The third-order valence-corrected chi connectivity index (χ3v) is 4.14. The van der Waals surface area contributed by atoms with Crippen molar-refractivity contribution in [1.29, 1.82) is 0 Å². The van der Waals surface area contributed by atoms with Gasteiger partial charge in [0, 0.05) is 56.6 Å². The van der Waals surface area contributed by atoms with Gasteiger partial charge >= 0.3 is 0 Å². The van der Waals surface area contributed by atoms with Crippen LogP contribution in [0.1, 0.15) is 23.9 Å². The summed E-state index contributed by atoms with van der Waals surface area (Å²) >= 11 is 0. The van der Waals surface area contributed by atoms with Crippen molar-refractivity contribution in [2.24, 2.45) is 0 Å². The molecule has 0 saturated carbocycles. The van der Waals surface area contributed by atoms with Crippen molar-refractivity contribution < 1.29 is 8.91 Å². The lowest BCUT2D eigenvalue weighted by molar-refractivity contribution is 0.0711. The number of hydrogen-bond donors (Lipinski definition) is 0. The number of rotatable bonds is 4. The molecule has 1 aliphatic rings. The van der Waals surface area contributed by atoms with E-state index < -0.39 is 0 Å². The predicted octanol–water partition coefficient (Wildman–Crippen LogP) is 2.22. The predicted molar refractivity (Wildman–Crippen MR) is 80.6 cm³/mol. The zero-order valence-electron chi connectivity index (χ0n) is 13.0. The Morgan fingerprint density at radius 1 is 1.36 bits per heavy atom. The second-order valence-corrected chi connectivity index (χ2v) is 5.95. The molecule has 0 radical (unpaired) electrons. The molecule has 3 heterocycles. The highest BCUT2D eigenvalue weighted by molar-refractivity contribution is 5.12. The van der Waals surface area contributed by atoms with Gasteiger partial charge in [0.1, 0.15) is 11.6 Å². The van der Waals surface area contributed by atoms with Crippen LogP contribution in [0, 0.1) is 12.7 Å². The average Bonchev–Trinajstić information content (AvgIpc) is 2.89. The van der Waals surface area contributed by atoms with E-state index in [2.05, 4.69) is 26.9 Å². The van der Waals surface area contributed by atoms with Gasteiger partial charge in [0.2, 0.25) is 0 Å². The number of nitrogens with zero attached hydrogens (tertiary/aromatic N) is 4. The highest BCUT2D eigenvalue weighted by atomic mass is 19.1. The first-order chi connectivity index (χ1) is 10.6. The van der Waals surface area contributed by atoms with Crippen molar-refractivity contribution in [3.63, 3.8) is 0 Å². The van der Waals surface area contributed by atoms with Gasteiger partial charge in [-0.1, -0.05) is 5.16 Å². The van der Waals surface area contributed by atoms with Crippen molar-refractivity contribution >= 4 is 0 Å². The first kappa shape index (κ1) is 15.1. The van der Waals surface area contributed by atoms with Crippen molar-refractivity contribution in [1.82, 2.24) is 19.9 Å². The zero-order valence-corrected chi connectivity index (χ0v) is 13.0. The Morgan fingerprint density at radius 2 is 2.23 bits per heavy atom. The van der Waals surface area contributed by atoms with Crippen molar-refractivity contribution in [3.8, 4) is 0 Å². The van der Waals surface area contributed by atoms with E-state index in [0.717, 1.165) is 37.6 Å². The summed E-state index contributed by atoms with van der Waals surface area (Å²) in [6.07, 6.45) is 2.93. The Bertz CT molecular complexity index is 630. The molecule has 1 unspecified atom stereocenters. The standard InChI is InChI=1S/C16H21FN4O/c1-12-9-20(11-15-7-13(2)22-19-15)5-6-21(12)10-14-3-4-18-8-16(14)17/h3-4,7-8,12H,5-6,9-11H2,1-2H3. The van der Waals surface area contributed by atoms with Gasteiger partial charge in [0.25, 0.3) is 0 Å². The molecule has 2 aromatic heterocycles. The Balaban J connectivity index is 1.57. The van der Waals surface area contributed by atoms with E-state index in [9.17, 15) is 4.39 Å². The molecule has 2 aromatic rings. The molecule has 1 aliphatic heterocycles. The van der Waals surface area contributed by atoms with E-state index in [-0.39, 0.29) is 5.82 Å². The van der Waals surface area contributed by atoms with E-state index in [1.165, 1.54) is 6.20 Å². The number of halogens is 1. The normalized spacial score (nSPS) is 20.4. The molecule has 0 aromatic carbocycles. The second-order valence-electron chi connectivity index (χ2n) is 5.95. The molecule has 0 bridgehead atoms. The maximum absolute atomic E-state index is 13.7. The lowest BCUT2D eigenvalue weighted by Gasteiger charge is -2.39. The minimum Gasteiger partial charge on any atom is -0.361 e. The summed E-state index contributed by atoms with van der Waals surface area (Å²) in [5.74, 6) is 0.616. The molecule has 3 rings (SSSR count). The van der Waals surface area contributed by atoms with Crippen molar-refractivity contribution in [2.45, 2.75) is 33.0 Å². The smallest absolute Gasteiger partial charge is 0.145 e. The molecule has 0 amide bonds. The van der Waals surface area contributed by atoms with E-state index in [4.69, 9.17) is 4.52 Å². The SMILES string of the molecule is Cc1cc(CN2CCN(Cc3ccncc3F)C(C)C2)no1. The molecule has 22 heavy (non-hydrogen) atoms. The van der Waals surface area contributed by atoms with Gasteiger partial charge < -0.3 is 4.52 Å². The van der Waals surface area contributed by atoms with Crippen molar-refractivity contribution in [2.75, 3.05) is 19.6 Å². The minimum atomic E-state index is -0.227. The summed E-state index contributed by atoms with van der Waals surface area (Å²) in [5.41, 5.74) is 1.68. The molecular formula is C16H21FN4O. The van der Waals surface area contributed by atoms with Crippen LogP contribution in [0.5, 0.6) is 0 Å². The van der Waals surface area contributed by atoms with Crippen LogP contribution >= 0.6 is 0 Å².